The summed E-state index contributed by atoms with van der Waals surface area (Å²) < 4.78 is 42.9. The normalized spacial score (nSPS) is 22.3. The van der Waals surface area contributed by atoms with E-state index in [1.54, 1.807) is 6.07 Å². The van der Waals surface area contributed by atoms with Gasteiger partial charge in [0.05, 0.1) is 12.5 Å². The third kappa shape index (κ3) is 4.44. The van der Waals surface area contributed by atoms with E-state index < -0.39 is 24.6 Å². The first kappa shape index (κ1) is 15.8. The SMILES string of the molecule is NC[C@H]1CC[C@@H](C(=O)Nc2ccccc2CC(F)(F)F)O1. The maximum Gasteiger partial charge on any atom is 0.393 e. The van der Waals surface area contributed by atoms with Gasteiger partial charge in [0, 0.05) is 12.2 Å². The number of hydrogen-bond donors (Lipinski definition) is 2. The second-order valence-electron chi connectivity index (χ2n) is 5.00. The summed E-state index contributed by atoms with van der Waals surface area (Å²) in [6.45, 7) is 0.328. The molecule has 1 amide bonds. The van der Waals surface area contributed by atoms with Crippen molar-refractivity contribution in [2.24, 2.45) is 5.73 Å². The van der Waals surface area contributed by atoms with Crippen molar-refractivity contribution in [1.82, 2.24) is 0 Å². The minimum absolute atomic E-state index is 0.0340. The van der Waals surface area contributed by atoms with E-state index in [9.17, 15) is 18.0 Å². The summed E-state index contributed by atoms with van der Waals surface area (Å²) in [5, 5.41) is 2.51. The van der Waals surface area contributed by atoms with Gasteiger partial charge in [-0.15, -0.1) is 0 Å². The molecule has 1 fully saturated rings. The number of ether oxygens (including phenoxy) is 1. The van der Waals surface area contributed by atoms with Crippen LogP contribution in [-0.4, -0.2) is 30.8 Å². The molecule has 3 N–H and O–H groups in total. The highest BCUT2D eigenvalue weighted by Crippen LogP contribution is 2.27. The van der Waals surface area contributed by atoms with E-state index >= 15 is 0 Å². The van der Waals surface area contributed by atoms with E-state index in [1.807, 2.05) is 0 Å². The number of anilines is 1. The Morgan fingerprint density at radius 1 is 1.33 bits per heavy atom. The fourth-order valence-corrected chi connectivity index (χ4v) is 2.30. The topological polar surface area (TPSA) is 64.4 Å². The molecule has 0 radical (unpaired) electrons. The highest BCUT2D eigenvalue weighted by molar-refractivity contribution is 5.95. The van der Waals surface area contributed by atoms with E-state index in [0.29, 0.717) is 19.4 Å². The van der Waals surface area contributed by atoms with Crippen molar-refractivity contribution in [3.63, 3.8) is 0 Å². The Bertz CT molecular complexity index is 505. The molecule has 0 aromatic heterocycles. The summed E-state index contributed by atoms with van der Waals surface area (Å²) >= 11 is 0. The fraction of sp³-hybridized carbons (Fsp3) is 0.500. The Morgan fingerprint density at radius 3 is 2.67 bits per heavy atom. The van der Waals surface area contributed by atoms with Crippen LogP contribution in [0.25, 0.3) is 0 Å². The molecule has 0 aliphatic carbocycles. The predicted molar refractivity (Wildman–Crippen MR) is 71.8 cm³/mol. The lowest BCUT2D eigenvalue weighted by Crippen LogP contribution is -2.30. The lowest BCUT2D eigenvalue weighted by Gasteiger charge is -2.16. The van der Waals surface area contributed by atoms with Crippen molar-refractivity contribution in [3.05, 3.63) is 29.8 Å². The zero-order chi connectivity index (χ0) is 15.5. The average Bonchev–Trinajstić information content (AvgIpc) is 2.88. The van der Waals surface area contributed by atoms with Gasteiger partial charge in [0.25, 0.3) is 5.91 Å². The molecule has 0 unspecified atom stereocenters. The van der Waals surface area contributed by atoms with Crippen molar-refractivity contribution in [2.45, 2.75) is 37.6 Å². The van der Waals surface area contributed by atoms with Gasteiger partial charge in [-0.3, -0.25) is 4.79 Å². The van der Waals surface area contributed by atoms with Gasteiger partial charge in [-0.05, 0) is 24.5 Å². The molecule has 1 saturated heterocycles. The lowest BCUT2D eigenvalue weighted by molar-refractivity contribution is -0.128. The van der Waals surface area contributed by atoms with Crippen LogP contribution in [0, 0.1) is 0 Å². The van der Waals surface area contributed by atoms with Crippen LogP contribution in [-0.2, 0) is 16.0 Å². The number of carbonyl (C=O) groups excluding carboxylic acids is 1. The first-order valence-corrected chi connectivity index (χ1v) is 6.70. The molecule has 7 heteroatoms. The predicted octanol–water partition coefficient (Wildman–Crippen LogP) is 2.24. The fourth-order valence-electron chi connectivity index (χ4n) is 2.30. The zero-order valence-electron chi connectivity index (χ0n) is 11.3. The van der Waals surface area contributed by atoms with E-state index in [0.717, 1.165) is 0 Å². The summed E-state index contributed by atoms with van der Waals surface area (Å²) in [7, 11) is 0. The van der Waals surface area contributed by atoms with Gasteiger partial charge in [0.2, 0.25) is 0 Å². The minimum Gasteiger partial charge on any atom is -0.364 e. The van der Waals surface area contributed by atoms with Crippen LogP contribution < -0.4 is 11.1 Å². The summed E-state index contributed by atoms with van der Waals surface area (Å²) in [5.41, 5.74) is 5.66. The van der Waals surface area contributed by atoms with Gasteiger partial charge in [-0.2, -0.15) is 13.2 Å². The first-order valence-electron chi connectivity index (χ1n) is 6.70. The van der Waals surface area contributed by atoms with Crippen molar-refractivity contribution < 1.29 is 22.7 Å². The van der Waals surface area contributed by atoms with Crippen LogP contribution in [0.15, 0.2) is 24.3 Å². The van der Waals surface area contributed by atoms with Gasteiger partial charge in [-0.25, -0.2) is 0 Å². The van der Waals surface area contributed by atoms with Crippen LogP contribution in [0.1, 0.15) is 18.4 Å². The summed E-state index contributed by atoms with van der Waals surface area (Å²) in [5.74, 6) is -0.430. The number of para-hydroxylation sites is 1. The minimum atomic E-state index is -4.32. The molecule has 1 aliphatic heterocycles. The second kappa shape index (κ2) is 6.44. The molecule has 1 aromatic carbocycles. The smallest absolute Gasteiger partial charge is 0.364 e. The molecular formula is C14H17F3N2O2. The number of nitrogens with two attached hydrogens (primary N) is 1. The Labute approximate surface area is 120 Å². The number of halogens is 3. The Morgan fingerprint density at radius 2 is 2.05 bits per heavy atom. The van der Waals surface area contributed by atoms with Gasteiger partial charge < -0.3 is 15.8 Å². The van der Waals surface area contributed by atoms with E-state index in [1.165, 1.54) is 18.2 Å². The number of benzene rings is 1. The molecule has 0 bridgehead atoms. The van der Waals surface area contributed by atoms with Crippen molar-refractivity contribution in [2.75, 3.05) is 11.9 Å². The molecule has 1 heterocycles. The number of nitrogens with one attached hydrogen (secondary N) is 1. The molecule has 116 valence electrons. The van der Waals surface area contributed by atoms with Crippen LogP contribution in [0.4, 0.5) is 18.9 Å². The first-order chi connectivity index (χ1) is 9.89. The monoisotopic (exact) mass is 302 g/mol. The number of rotatable bonds is 4. The molecule has 2 atom stereocenters. The molecule has 1 aliphatic rings. The third-order valence-corrected chi connectivity index (χ3v) is 3.33. The summed E-state index contributed by atoms with van der Waals surface area (Å²) in [6, 6.07) is 5.89. The number of amides is 1. The van der Waals surface area contributed by atoms with Crippen LogP contribution in [0.2, 0.25) is 0 Å². The largest absolute Gasteiger partial charge is 0.393 e. The van der Waals surface area contributed by atoms with E-state index in [4.69, 9.17) is 10.5 Å². The number of hydrogen-bond acceptors (Lipinski definition) is 3. The molecule has 2 rings (SSSR count). The number of alkyl halides is 3. The quantitative estimate of drug-likeness (QED) is 0.896. The van der Waals surface area contributed by atoms with E-state index in [2.05, 4.69) is 5.32 Å². The van der Waals surface area contributed by atoms with Gasteiger partial charge >= 0.3 is 6.18 Å². The Kier molecular flexibility index (Phi) is 4.84. The number of carbonyl (C=O) groups is 1. The van der Waals surface area contributed by atoms with E-state index in [-0.39, 0.29) is 17.4 Å². The molecule has 1 aromatic rings. The molecular weight excluding hydrogens is 285 g/mol. The zero-order valence-corrected chi connectivity index (χ0v) is 11.3. The standard InChI is InChI=1S/C14H17F3N2O2/c15-14(16,17)7-9-3-1-2-4-11(9)19-13(20)12-6-5-10(8-18)21-12/h1-4,10,12H,5-8,18H2,(H,19,20)/t10-,12+/m1/s1. The molecule has 0 saturated carbocycles. The molecule has 21 heavy (non-hydrogen) atoms. The van der Waals surface area contributed by atoms with Crippen LogP contribution in [0.3, 0.4) is 0 Å². The maximum atomic E-state index is 12.5. The van der Waals surface area contributed by atoms with Crippen molar-refractivity contribution in [1.29, 1.82) is 0 Å². The van der Waals surface area contributed by atoms with Gasteiger partial charge in [0.15, 0.2) is 0 Å². The molecule has 4 nitrogen and oxygen atoms in total. The van der Waals surface area contributed by atoms with Gasteiger partial charge in [0.1, 0.15) is 6.10 Å². The highest BCUT2D eigenvalue weighted by atomic mass is 19.4. The van der Waals surface area contributed by atoms with Crippen molar-refractivity contribution in [3.8, 4) is 0 Å². The lowest BCUT2D eigenvalue weighted by atomic mass is 10.1. The van der Waals surface area contributed by atoms with Crippen molar-refractivity contribution >= 4 is 11.6 Å². The third-order valence-electron chi connectivity index (χ3n) is 3.33. The Hall–Kier alpha value is -1.60. The Balaban J connectivity index is 2.04. The van der Waals surface area contributed by atoms with Crippen LogP contribution >= 0.6 is 0 Å². The summed E-state index contributed by atoms with van der Waals surface area (Å²) in [4.78, 5) is 12.0. The second-order valence-corrected chi connectivity index (χ2v) is 5.00. The summed E-state index contributed by atoms with van der Waals surface area (Å²) in [6.07, 6.45) is -5.02. The van der Waals surface area contributed by atoms with Gasteiger partial charge in [-0.1, -0.05) is 18.2 Å². The molecule has 0 spiro atoms. The maximum absolute atomic E-state index is 12.5. The highest BCUT2D eigenvalue weighted by Gasteiger charge is 2.32. The van der Waals surface area contributed by atoms with Crippen LogP contribution in [0.5, 0.6) is 0 Å². The average molecular weight is 302 g/mol.